The van der Waals surface area contributed by atoms with Crippen LogP contribution in [0, 0.1) is 0 Å². The van der Waals surface area contributed by atoms with E-state index >= 15 is 0 Å². The van der Waals surface area contributed by atoms with Crippen LogP contribution in [0.15, 0.2) is 22.7 Å². The molecule has 8 heteroatoms. The highest BCUT2D eigenvalue weighted by atomic mass is 79.9. The van der Waals surface area contributed by atoms with Gasteiger partial charge in [0.05, 0.1) is 31.5 Å². The van der Waals surface area contributed by atoms with Gasteiger partial charge in [0, 0.05) is 21.1 Å². The summed E-state index contributed by atoms with van der Waals surface area (Å²) in [5.41, 5.74) is 1.25. The highest BCUT2D eigenvalue weighted by Gasteiger charge is 2.34. The molecule has 0 atom stereocenters. The highest BCUT2D eigenvalue weighted by Crippen LogP contribution is 2.50. The zero-order valence-electron chi connectivity index (χ0n) is 13.9. The molecule has 0 radical (unpaired) electrons. The number of rotatable bonds is 8. The van der Waals surface area contributed by atoms with E-state index in [2.05, 4.69) is 20.9 Å². The van der Waals surface area contributed by atoms with Gasteiger partial charge in [0.1, 0.15) is 0 Å². The fraction of sp³-hybridized carbons (Fsp3) is 0.438. The van der Waals surface area contributed by atoms with E-state index in [1.54, 1.807) is 20.8 Å². The number of aromatic amines is 1. The van der Waals surface area contributed by atoms with Crippen molar-refractivity contribution in [3.8, 4) is 0 Å². The maximum atomic E-state index is 13.3. The summed E-state index contributed by atoms with van der Waals surface area (Å²) < 4.78 is 30.2. The summed E-state index contributed by atoms with van der Waals surface area (Å²) in [6, 6.07) is 5.54. The molecule has 1 heterocycles. The Morgan fingerprint density at radius 2 is 1.83 bits per heavy atom. The van der Waals surface area contributed by atoms with Gasteiger partial charge in [0.15, 0.2) is 0 Å². The van der Waals surface area contributed by atoms with Crippen molar-refractivity contribution < 1.29 is 23.1 Å². The molecule has 0 spiro atoms. The molecule has 2 aromatic rings. The summed E-state index contributed by atoms with van der Waals surface area (Å²) in [5, 5.41) is 1.10. The van der Waals surface area contributed by atoms with Gasteiger partial charge in [-0.3, -0.25) is 9.36 Å². The Hall–Kier alpha value is -1.14. The minimum Gasteiger partial charge on any atom is -0.466 e. The molecule has 1 N–H and O–H groups in total. The van der Waals surface area contributed by atoms with Crippen molar-refractivity contribution in [2.75, 3.05) is 19.8 Å². The molecular weight excluding hydrogens is 397 g/mol. The number of esters is 1. The first kappa shape index (κ1) is 19.2. The monoisotopic (exact) mass is 417 g/mol. The molecule has 0 aliphatic rings. The number of aromatic nitrogens is 1. The Kier molecular flexibility index (Phi) is 6.63. The largest absolute Gasteiger partial charge is 0.466 e. The summed E-state index contributed by atoms with van der Waals surface area (Å²) in [4.78, 5) is 15.1. The molecule has 0 fully saturated rings. The number of carbonyl (C=O) groups is 1. The number of fused-ring (bicyclic) bond motifs is 1. The van der Waals surface area contributed by atoms with Crippen molar-refractivity contribution in [2.24, 2.45) is 0 Å². The third-order valence-electron chi connectivity index (χ3n) is 3.31. The van der Waals surface area contributed by atoms with Crippen molar-refractivity contribution in [2.45, 2.75) is 27.2 Å². The molecule has 1 aromatic carbocycles. The van der Waals surface area contributed by atoms with E-state index in [9.17, 15) is 9.36 Å². The molecule has 2 rings (SSSR count). The van der Waals surface area contributed by atoms with Gasteiger partial charge in [-0.1, -0.05) is 15.9 Å². The van der Waals surface area contributed by atoms with E-state index in [-0.39, 0.29) is 26.2 Å². The lowest BCUT2D eigenvalue weighted by atomic mass is 10.2. The lowest BCUT2D eigenvalue weighted by Gasteiger charge is -2.18. The molecule has 0 amide bonds. The van der Waals surface area contributed by atoms with Gasteiger partial charge in [-0.25, -0.2) is 0 Å². The first-order chi connectivity index (χ1) is 11.4. The maximum Gasteiger partial charge on any atom is 0.363 e. The third kappa shape index (κ3) is 4.09. The van der Waals surface area contributed by atoms with Crippen molar-refractivity contribution >= 4 is 45.7 Å². The van der Waals surface area contributed by atoms with Crippen molar-refractivity contribution in [3.63, 3.8) is 0 Å². The van der Waals surface area contributed by atoms with Crippen LogP contribution in [-0.4, -0.2) is 30.8 Å². The fourth-order valence-corrected chi connectivity index (χ4v) is 4.83. The average molecular weight is 418 g/mol. The SMILES string of the molecule is CCOC(=O)Cc1[nH]c2ccc(Br)cc2c1P(=O)(OCC)OCC. The number of benzene rings is 1. The molecule has 0 aliphatic heterocycles. The Bertz CT molecular complexity index is 763. The van der Waals surface area contributed by atoms with Gasteiger partial charge in [0.25, 0.3) is 0 Å². The minimum absolute atomic E-state index is 0.0282. The summed E-state index contributed by atoms with van der Waals surface area (Å²) in [7, 11) is -3.56. The number of H-pyrrole nitrogens is 1. The number of carbonyl (C=O) groups excluding carboxylic acids is 1. The van der Waals surface area contributed by atoms with Crippen LogP contribution in [0.25, 0.3) is 10.9 Å². The molecule has 0 unspecified atom stereocenters. The van der Waals surface area contributed by atoms with E-state index in [1.807, 2.05) is 18.2 Å². The Balaban J connectivity index is 2.64. The molecular formula is C16H21BrNO5P. The van der Waals surface area contributed by atoms with Crippen LogP contribution in [0.4, 0.5) is 0 Å². The summed E-state index contributed by atoms with van der Waals surface area (Å²) in [6.45, 7) is 6.00. The second-order valence-electron chi connectivity index (χ2n) is 4.96. The van der Waals surface area contributed by atoms with Gasteiger partial charge < -0.3 is 18.8 Å². The predicted octanol–water partition coefficient (Wildman–Crippen LogP) is 3.93. The minimum atomic E-state index is -3.56. The molecule has 0 bridgehead atoms. The number of halogens is 1. The summed E-state index contributed by atoms with van der Waals surface area (Å²) in [6.07, 6.45) is -0.0282. The Morgan fingerprint density at radius 3 is 2.42 bits per heavy atom. The van der Waals surface area contributed by atoms with Crippen LogP contribution >= 0.6 is 23.5 Å². The molecule has 1 aromatic heterocycles. The first-order valence-electron chi connectivity index (χ1n) is 7.80. The van der Waals surface area contributed by atoms with Crippen LogP contribution in [0.3, 0.4) is 0 Å². The Morgan fingerprint density at radius 1 is 1.17 bits per heavy atom. The van der Waals surface area contributed by atoms with Gasteiger partial charge in [-0.05, 0) is 39.0 Å². The van der Waals surface area contributed by atoms with Crippen molar-refractivity contribution in [1.82, 2.24) is 4.98 Å². The lowest BCUT2D eigenvalue weighted by Crippen LogP contribution is -2.18. The normalized spacial score (nSPS) is 11.8. The van der Waals surface area contributed by atoms with E-state index in [0.29, 0.717) is 16.4 Å². The van der Waals surface area contributed by atoms with Crippen molar-refractivity contribution in [3.05, 3.63) is 28.4 Å². The van der Waals surface area contributed by atoms with E-state index in [1.165, 1.54) is 0 Å². The zero-order valence-corrected chi connectivity index (χ0v) is 16.4. The average Bonchev–Trinajstić information content (AvgIpc) is 2.85. The van der Waals surface area contributed by atoms with Crippen LogP contribution in [-0.2, 0) is 29.6 Å². The zero-order chi connectivity index (χ0) is 17.7. The molecule has 0 aliphatic carbocycles. The highest BCUT2D eigenvalue weighted by molar-refractivity contribution is 9.10. The van der Waals surface area contributed by atoms with Gasteiger partial charge in [-0.15, -0.1) is 0 Å². The Labute approximate surface area is 149 Å². The molecule has 24 heavy (non-hydrogen) atoms. The fourth-order valence-electron chi connectivity index (χ4n) is 2.51. The topological polar surface area (TPSA) is 77.6 Å². The standard InChI is InChI=1S/C16H21BrNO5P/c1-4-21-15(19)10-14-16(24(20,22-5-2)23-6-3)12-9-11(17)7-8-13(12)18-14/h7-9,18H,4-6,10H2,1-3H3. The van der Waals surface area contributed by atoms with Gasteiger partial charge in [0.2, 0.25) is 0 Å². The second-order valence-corrected chi connectivity index (χ2v) is 7.83. The number of hydrogen-bond donors (Lipinski definition) is 1. The number of ether oxygens (including phenoxy) is 1. The van der Waals surface area contributed by atoms with Crippen LogP contribution in [0.1, 0.15) is 26.5 Å². The first-order valence-corrected chi connectivity index (χ1v) is 10.1. The quantitative estimate of drug-likeness (QED) is 0.519. The molecule has 0 saturated heterocycles. The second kappa shape index (κ2) is 8.30. The number of hydrogen-bond acceptors (Lipinski definition) is 5. The number of nitrogens with one attached hydrogen (secondary N) is 1. The molecule has 6 nitrogen and oxygen atoms in total. The van der Waals surface area contributed by atoms with E-state index in [0.717, 1.165) is 9.99 Å². The smallest absolute Gasteiger partial charge is 0.363 e. The van der Waals surface area contributed by atoms with E-state index < -0.39 is 13.6 Å². The van der Waals surface area contributed by atoms with E-state index in [4.69, 9.17) is 13.8 Å². The van der Waals surface area contributed by atoms with Crippen LogP contribution in [0.2, 0.25) is 0 Å². The van der Waals surface area contributed by atoms with Crippen LogP contribution in [0.5, 0.6) is 0 Å². The van der Waals surface area contributed by atoms with Crippen molar-refractivity contribution in [1.29, 1.82) is 0 Å². The lowest BCUT2D eigenvalue weighted by molar-refractivity contribution is -0.142. The van der Waals surface area contributed by atoms with Crippen LogP contribution < -0.4 is 5.30 Å². The van der Waals surface area contributed by atoms with Gasteiger partial charge >= 0.3 is 13.6 Å². The summed E-state index contributed by atoms with van der Waals surface area (Å²) >= 11 is 3.42. The third-order valence-corrected chi connectivity index (χ3v) is 6.05. The van der Waals surface area contributed by atoms with Gasteiger partial charge in [-0.2, -0.15) is 0 Å². The summed E-state index contributed by atoms with van der Waals surface area (Å²) in [5.74, 6) is -0.399. The maximum absolute atomic E-state index is 13.3. The molecule has 0 saturated carbocycles. The molecule has 132 valence electrons. The predicted molar refractivity (Wildman–Crippen MR) is 96.8 cm³/mol.